The van der Waals surface area contributed by atoms with Gasteiger partial charge in [-0.05, 0) is 156 Å². The van der Waals surface area contributed by atoms with Crippen LogP contribution in [-0.4, -0.2) is 99.5 Å². The summed E-state index contributed by atoms with van der Waals surface area (Å²) in [6.07, 6.45) is 8.68. The predicted molar refractivity (Wildman–Crippen MR) is 258 cm³/mol. The molecule has 0 aromatic heterocycles. The Labute approximate surface area is 388 Å². The normalized spacial score (nSPS) is 22.4. The minimum absolute atomic E-state index is 0.104. The fourth-order valence-electron chi connectivity index (χ4n) is 11.7. The highest BCUT2D eigenvalue weighted by Crippen LogP contribution is 2.59. The number of rotatable bonds is 18. The molecule has 368 valence electrons. The Kier molecular flexibility index (Phi) is 19.2. The number of methoxy groups -OCH3 is 1. The fraction of sp³-hybridized carbons (Fsp3) is 0.811. The van der Waals surface area contributed by atoms with E-state index >= 15 is 0 Å². The molecule has 0 amide bonds. The highest BCUT2D eigenvalue weighted by Gasteiger charge is 2.61. The molecule has 2 saturated heterocycles. The fourth-order valence-corrected chi connectivity index (χ4v) is 11.7. The predicted octanol–water partition coefficient (Wildman–Crippen LogP) is 11.2. The van der Waals surface area contributed by atoms with Gasteiger partial charge in [0.2, 0.25) is 0 Å². The summed E-state index contributed by atoms with van der Waals surface area (Å²) < 4.78 is 4.73. The molecular weight excluding hydrogens is 809 g/mol. The molecule has 2 heterocycles. The number of aliphatic carboxylic acids is 3. The van der Waals surface area contributed by atoms with Gasteiger partial charge in [-0.1, -0.05) is 108 Å². The second-order valence-corrected chi connectivity index (χ2v) is 23.8. The first kappa shape index (κ1) is 56.9. The molecule has 2 aliphatic rings. The third-order valence-electron chi connectivity index (χ3n) is 17.2. The van der Waals surface area contributed by atoms with Crippen molar-refractivity contribution in [2.75, 3.05) is 34.3 Å². The summed E-state index contributed by atoms with van der Waals surface area (Å²) in [4.78, 5) is 52.7. The molecule has 64 heavy (non-hydrogen) atoms. The Bertz CT molecular complexity index is 1700. The van der Waals surface area contributed by atoms with Crippen LogP contribution < -0.4 is 0 Å². The van der Waals surface area contributed by atoms with Crippen molar-refractivity contribution in [3.05, 3.63) is 28.8 Å². The van der Waals surface area contributed by atoms with E-state index in [1.807, 2.05) is 19.1 Å². The minimum atomic E-state index is -1.55. The molecule has 0 radical (unpaired) electrons. The van der Waals surface area contributed by atoms with E-state index in [2.05, 4.69) is 121 Å². The number of ether oxygens (including phenoxy) is 1. The molecule has 1 aromatic rings. The van der Waals surface area contributed by atoms with Gasteiger partial charge < -0.3 is 35.0 Å². The van der Waals surface area contributed by atoms with Crippen LogP contribution in [0.4, 0.5) is 0 Å². The van der Waals surface area contributed by atoms with E-state index in [9.17, 15) is 34.5 Å². The Balaban J connectivity index is 0.000000473. The molecule has 0 bridgehead atoms. The van der Waals surface area contributed by atoms with Crippen molar-refractivity contribution in [2.45, 2.75) is 203 Å². The van der Waals surface area contributed by atoms with Crippen molar-refractivity contribution < 1.29 is 44.3 Å². The molecule has 4 N–H and O–H groups in total. The van der Waals surface area contributed by atoms with Crippen LogP contribution in [0.3, 0.4) is 0 Å². The Morgan fingerprint density at radius 3 is 1.64 bits per heavy atom. The first-order chi connectivity index (χ1) is 29.1. The number of piperidine rings is 2. The second-order valence-electron chi connectivity index (χ2n) is 23.8. The number of nitrogens with zero attached hydrogens (tertiary/aromatic N) is 2. The molecule has 0 aliphatic carbocycles. The first-order valence-electron chi connectivity index (χ1n) is 24.1. The molecule has 4 unspecified atom stereocenters. The molecule has 0 spiro atoms. The molecule has 11 nitrogen and oxygen atoms in total. The van der Waals surface area contributed by atoms with Crippen molar-refractivity contribution >= 4 is 23.9 Å². The number of phenolic OH excluding ortho intramolecular Hbond substituents is 1. The van der Waals surface area contributed by atoms with Crippen molar-refractivity contribution in [1.29, 1.82) is 0 Å². The highest BCUT2D eigenvalue weighted by atomic mass is 16.5. The van der Waals surface area contributed by atoms with Gasteiger partial charge in [0.15, 0.2) is 5.92 Å². The molecular formula is C53H92N2O9. The van der Waals surface area contributed by atoms with Gasteiger partial charge in [-0.3, -0.25) is 19.2 Å². The monoisotopic (exact) mass is 901 g/mol. The van der Waals surface area contributed by atoms with Crippen LogP contribution in [0.5, 0.6) is 5.75 Å². The molecule has 2 fully saturated rings. The van der Waals surface area contributed by atoms with E-state index in [0.29, 0.717) is 37.5 Å². The van der Waals surface area contributed by atoms with E-state index in [-0.39, 0.29) is 56.8 Å². The van der Waals surface area contributed by atoms with E-state index in [0.717, 1.165) is 74.7 Å². The number of carboxylic acid groups (broad SMARTS) is 3. The van der Waals surface area contributed by atoms with E-state index in [1.54, 1.807) is 0 Å². The first-order valence-corrected chi connectivity index (χ1v) is 24.1. The van der Waals surface area contributed by atoms with Crippen LogP contribution >= 0.6 is 0 Å². The third-order valence-corrected chi connectivity index (χ3v) is 17.2. The van der Waals surface area contributed by atoms with E-state index in [4.69, 9.17) is 9.84 Å². The maximum atomic E-state index is 12.8. The van der Waals surface area contributed by atoms with Crippen molar-refractivity contribution in [3.8, 4) is 5.75 Å². The lowest BCUT2D eigenvalue weighted by atomic mass is 9.48. The molecule has 1 aromatic carbocycles. The number of esters is 1. The van der Waals surface area contributed by atoms with Gasteiger partial charge in [0.05, 0.1) is 7.11 Å². The van der Waals surface area contributed by atoms with Crippen LogP contribution in [0, 0.1) is 39.9 Å². The van der Waals surface area contributed by atoms with Crippen molar-refractivity contribution in [3.63, 3.8) is 0 Å². The summed E-state index contributed by atoms with van der Waals surface area (Å²) in [7, 11) is 5.73. The zero-order valence-electron chi connectivity index (χ0n) is 43.6. The lowest BCUT2D eigenvalue weighted by Crippen LogP contribution is -2.65. The summed E-state index contributed by atoms with van der Waals surface area (Å²) in [6, 6.07) is 3.98. The van der Waals surface area contributed by atoms with Crippen LogP contribution in [0.15, 0.2) is 12.1 Å². The number of likely N-dealkylation sites (tertiary alicyclic amines) is 2. The molecule has 0 saturated carbocycles. The number of hydrogen-bond donors (Lipinski definition) is 4. The van der Waals surface area contributed by atoms with Crippen LogP contribution in [0.25, 0.3) is 0 Å². The minimum Gasteiger partial charge on any atom is -0.507 e. The molecule has 4 atom stereocenters. The summed E-state index contributed by atoms with van der Waals surface area (Å²) in [6.45, 7) is 34.3. The topological polar surface area (TPSA) is 165 Å². The summed E-state index contributed by atoms with van der Waals surface area (Å²) in [5.74, 6) is -3.75. The Morgan fingerprint density at radius 1 is 0.734 bits per heavy atom. The average Bonchev–Trinajstić information content (AvgIpc) is 3.14. The quantitative estimate of drug-likeness (QED) is 0.0629. The average molecular weight is 901 g/mol. The standard InChI is InChI=1S/C32H53NO5.C21H39NO4/c1-13-15-32(24(26(35)36)27(37)38,23-14-16-33(12)31(10,11)30(23,8)9)19-20-17-21(28(2,3)4)25(34)22(18-20)29(5,6)7;1-20(2)17(14-15-22(5)21(20,3)4)16(11-9-12-18(23)24)10-7-8-13-19(25)26-6/h17-18,23-24,34H,13-16,19H2,1-12H3,(H,35,36)(H,37,38);16-17H,7-15H2,1-6H3,(H,23,24). The van der Waals surface area contributed by atoms with E-state index in [1.165, 1.54) is 7.11 Å². The summed E-state index contributed by atoms with van der Waals surface area (Å²) in [5, 5.41) is 41.2. The van der Waals surface area contributed by atoms with Crippen LogP contribution in [0.2, 0.25) is 0 Å². The Morgan fingerprint density at radius 2 is 1.20 bits per heavy atom. The molecule has 2 aliphatic heterocycles. The number of benzene rings is 1. The number of phenols is 1. The van der Waals surface area contributed by atoms with Gasteiger partial charge in [-0.2, -0.15) is 0 Å². The highest BCUT2D eigenvalue weighted by molar-refractivity contribution is 5.94. The van der Waals surface area contributed by atoms with Crippen molar-refractivity contribution in [1.82, 2.24) is 9.80 Å². The van der Waals surface area contributed by atoms with Gasteiger partial charge in [0.25, 0.3) is 0 Å². The maximum Gasteiger partial charge on any atom is 0.318 e. The second kappa shape index (κ2) is 21.6. The smallest absolute Gasteiger partial charge is 0.318 e. The van der Waals surface area contributed by atoms with Gasteiger partial charge in [-0.15, -0.1) is 0 Å². The van der Waals surface area contributed by atoms with Crippen molar-refractivity contribution in [2.24, 2.45) is 39.9 Å². The summed E-state index contributed by atoms with van der Waals surface area (Å²) >= 11 is 0. The lowest BCUT2D eigenvalue weighted by Gasteiger charge is -2.62. The number of carbonyl (C=O) groups excluding carboxylic acids is 1. The van der Waals surface area contributed by atoms with Gasteiger partial charge in [0, 0.05) is 29.3 Å². The van der Waals surface area contributed by atoms with Gasteiger partial charge >= 0.3 is 23.9 Å². The molecule has 3 rings (SSSR count). The van der Waals surface area contributed by atoms with Gasteiger partial charge in [0.1, 0.15) is 5.75 Å². The summed E-state index contributed by atoms with van der Waals surface area (Å²) in [5.41, 5.74) is 0.409. The zero-order chi connectivity index (χ0) is 49.6. The number of carbonyl (C=O) groups is 4. The number of aromatic hydroxyl groups is 1. The van der Waals surface area contributed by atoms with E-state index < -0.39 is 29.2 Å². The number of carboxylic acids is 3. The zero-order valence-corrected chi connectivity index (χ0v) is 43.6. The Hall–Kier alpha value is -3.18. The lowest BCUT2D eigenvalue weighted by molar-refractivity contribution is -0.176. The SMILES string of the molecule is CCCC(Cc1cc(C(C)(C)C)c(O)c(C(C)(C)C)c1)(C(C(=O)O)C(=O)O)C1CCN(C)C(C)(C)C1(C)C.COC(=O)CCCCC(CCCC(=O)O)C1CCN(C)C(C)(C)C1(C)C. The maximum absolute atomic E-state index is 12.8. The largest absolute Gasteiger partial charge is 0.507 e. The van der Waals surface area contributed by atoms with Crippen LogP contribution in [0.1, 0.15) is 191 Å². The van der Waals surface area contributed by atoms with Gasteiger partial charge in [-0.25, -0.2) is 0 Å². The van der Waals surface area contributed by atoms with Crippen LogP contribution in [-0.2, 0) is 41.2 Å². The molecule has 11 heteroatoms. The third kappa shape index (κ3) is 12.6. The number of hydrogen-bond acceptors (Lipinski definition) is 8. The number of unbranched alkanes of at least 4 members (excludes halogenated alkanes) is 1.